The molecule has 0 unspecified atom stereocenters. The van der Waals surface area contributed by atoms with Crippen LogP contribution < -0.4 is 5.48 Å². The molecule has 0 heterocycles. The number of rotatable bonds is 4. The van der Waals surface area contributed by atoms with E-state index >= 15 is 0 Å². The molecule has 0 aromatic carbocycles. The first kappa shape index (κ1) is 23.6. The molecule has 0 saturated heterocycles. The molecule has 1 N–H and O–H groups in total. The molecule has 0 aliphatic rings. The third kappa shape index (κ3) is 17.8. The number of hydrogen-bond acceptors (Lipinski definition) is 2. The average Bonchev–Trinajstić information content (AvgIpc) is 1.89. The van der Waals surface area contributed by atoms with Crippen LogP contribution in [0.1, 0.15) is 20.8 Å². The van der Waals surface area contributed by atoms with Crippen molar-refractivity contribution in [3.8, 4) is 0 Å². The quantitative estimate of drug-likeness (QED) is 0.485. The first-order valence-electron chi connectivity index (χ1n) is 2.97. The van der Waals surface area contributed by atoms with Crippen molar-refractivity contribution in [1.82, 2.24) is 5.48 Å². The summed E-state index contributed by atoms with van der Waals surface area (Å²) in [5.74, 6) is 0. The van der Waals surface area contributed by atoms with Crippen LogP contribution in [0.2, 0.25) is 0 Å². The molecule has 0 aliphatic carbocycles. The standard InChI is InChI=1S/C7H13NO.CH3.2Y/c1-4-7(3)6-8-9-5-2;;;/h5,8H,6H2,1-3H3;1H3;;/q-2;-1;;+3. The minimum Gasteiger partial charge on any atom is -0.499 e. The Bertz CT molecular complexity index is 97.1. The van der Waals surface area contributed by atoms with E-state index in [0.717, 1.165) is 12.1 Å². The maximum absolute atomic E-state index is 4.77. The molecule has 0 bridgehead atoms. The van der Waals surface area contributed by atoms with Gasteiger partial charge in [0.15, 0.2) is 0 Å². The molecule has 0 saturated carbocycles. The molecule has 0 aromatic heterocycles. The summed E-state index contributed by atoms with van der Waals surface area (Å²) in [6.45, 7) is 8.03. The summed E-state index contributed by atoms with van der Waals surface area (Å²) in [5.41, 5.74) is 3.88. The summed E-state index contributed by atoms with van der Waals surface area (Å²) in [5, 5.41) is 0. The number of allylic oxidation sites excluding steroid dienone is 1. The Hall–Kier alpha value is 1.87. The molecule has 0 fully saturated rings. The molecule has 0 amide bonds. The van der Waals surface area contributed by atoms with Crippen LogP contribution in [-0.2, 0) is 70.3 Å². The van der Waals surface area contributed by atoms with Crippen molar-refractivity contribution in [2.24, 2.45) is 0 Å². The van der Waals surface area contributed by atoms with Gasteiger partial charge in [0.25, 0.3) is 0 Å². The van der Waals surface area contributed by atoms with Crippen molar-refractivity contribution in [1.29, 1.82) is 0 Å². The van der Waals surface area contributed by atoms with Gasteiger partial charge >= 0.3 is 32.7 Å². The largest absolute Gasteiger partial charge is 3.00 e. The Kier molecular flexibility index (Phi) is 36.6. The minimum atomic E-state index is 0. The molecule has 12 heavy (non-hydrogen) atoms. The van der Waals surface area contributed by atoms with Crippen LogP contribution >= 0.6 is 0 Å². The fraction of sp³-hybridized carbons (Fsp3) is 0.500. The van der Waals surface area contributed by atoms with Crippen molar-refractivity contribution in [2.45, 2.75) is 20.8 Å². The number of nitrogens with one attached hydrogen (secondary N) is 1. The summed E-state index contributed by atoms with van der Waals surface area (Å²) < 4.78 is 0. The molecule has 4 heteroatoms. The van der Waals surface area contributed by atoms with E-state index in [1.165, 1.54) is 0 Å². The third-order valence-electron chi connectivity index (χ3n) is 0.965. The Morgan fingerprint density at radius 3 is 2.42 bits per heavy atom. The Balaban J connectivity index is -0.000000107. The van der Waals surface area contributed by atoms with E-state index in [-0.39, 0.29) is 72.8 Å². The maximum atomic E-state index is 4.77. The molecule has 1 radical (unpaired) electrons. The van der Waals surface area contributed by atoms with Gasteiger partial charge in [0.05, 0.1) is 0 Å². The molecule has 0 aliphatic heterocycles. The van der Waals surface area contributed by atoms with Crippen LogP contribution in [0.5, 0.6) is 0 Å². The van der Waals surface area contributed by atoms with Gasteiger partial charge in [0.1, 0.15) is 0 Å². The Morgan fingerprint density at radius 1 is 1.58 bits per heavy atom. The molecule has 2 nitrogen and oxygen atoms in total. The van der Waals surface area contributed by atoms with Gasteiger partial charge in [0.2, 0.25) is 0 Å². The van der Waals surface area contributed by atoms with Gasteiger partial charge in [-0.1, -0.05) is 6.92 Å². The van der Waals surface area contributed by atoms with E-state index in [4.69, 9.17) is 4.84 Å². The zero-order chi connectivity index (χ0) is 7.11. The number of hydrogen-bond donors (Lipinski definition) is 1. The second-order valence-electron chi connectivity index (χ2n) is 1.70. The zero-order valence-electron chi connectivity index (χ0n) is 8.35. The van der Waals surface area contributed by atoms with Crippen LogP contribution in [0.25, 0.3) is 0 Å². The van der Waals surface area contributed by atoms with Gasteiger partial charge in [-0.2, -0.15) is 20.5 Å². The molecule has 65 valence electrons. The van der Waals surface area contributed by atoms with Gasteiger partial charge in [-0.05, 0) is 0 Å². The Morgan fingerprint density at radius 2 is 2.08 bits per heavy atom. The second-order valence-corrected chi connectivity index (χ2v) is 1.70. The van der Waals surface area contributed by atoms with E-state index in [1.807, 2.05) is 20.8 Å². The van der Waals surface area contributed by atoms with Crippen molar-refractivity contribution < 1.29 is 70.3 Å². The van der Waals surface area contributed by atoms with E-state index < -0.39 is 0 Å². The smallest absolute Gasteiger partial charge is 0.499 e. The van der Waals surface area contributed by atoms with Gasteiger partial charge < -0.3 is 18.3 Å². The molecule has 0 atom stereocenters. The monoisotopic (exact) mass is 320 g/mol. The molecule has 0 rings (SSSR count). The summed E-state index contributed by atoms with van der Waals surface area (Å²) in [4.78, 5) is 4.77. The average molecular weight is 320 g/mol. The predicted octanol–water partition coefficient (Wildman–Crippen LogP) is 1.90. The first-order chi connectivity index (χ1) is 4.31. The fourth-order valence-electron chi connectivity index (χ4n) is 0.322. The summed E-state index contributed by atoms with van der Waals surface area (Å²) in [6, 6.07) is 0. The van der Waals surface area contributed by atoms with Crippen LogP contribution in [0.4, 0.5) is 0 Å². The third-order valence-corrected chi connectivity index (χ3v) is 0.965. The van der Waals surface area contributed by atoms with E-state index in [2.05, 4.69) is 11.6 Å². The SMILES string of the molecule is C[C-]=C(C)CNO[CH-]C.[CH3-].[Y+3].[Y]. The van der Waals surface area contributed by atoms with Crippen molar-refractivity contribution >= 4 is 0 Å². The fourth-order valence-corrected chi connectivity index (χ4v) is 0.322. The van der Waals surface area contributed by atoms with Crippen molar-refractivity contribution in [2.75, 3.05) is 6.54 Å². The molecular formula is C8H16NOY2. The summed E-state index contributed by atoms with van der Waals surface area (Å²) >= 11 is 0. The normalized spacial score (nSPS) is 9.08. The van der Waals surface area contributed by atoms with E-state index in [9.17, 15) is 0 Å². The first-order valence-corrected chi connectivity index (χ1v) is 2.97. The van der Waals surface area contributed by atoms with E-state index in [1.54, 1.807) is 6.61 Å². The van der Waals surface area contributed by atoms with Crippen LogP contribution in [0, 0.1) is 20.1 Å². The number of hydroxylamine groups is 1. The van der Waals surface area contributed by atoms with Gasteiger partial charge in [-0.3, -0.25) is 0 Å². The summed E-state index contributed by atoms with van der Waals surface area (Å²) in [6.07, 6.45) is 2.98. The van der Waals surface area contributed by atoms with Crippen molar-refractivity contribution in [3.63, 3.8) is 0 Å². The topological polar surface area (TPSA) is 21.3 Å². The second kappa shape index (κ2) is 18.6. The van der Waals surface area contributed by atoms with E-state index in [0.29, 0.717) is 0 Å². The van der Waals surface area contributed by atoms with Crippen LogP contribution in [0.3, 0.4) is 0 Å². The Labute approximate surface area is 127 Å². The van der Waals surface area contributed by atoms with Crippen LogP contribution in [0.15, 0.2) is 5.57 Å². The maximum Gasteiger partial charge on any atom is 3.00 e. The van der Waals surface area contributed by atoms with Gasteiger partial charge in [-0.15, -0.1) is 0 Å². The van der Waals surface area contributed by atoms with Crippen LogP contribution in [-0.4, -0.2) is 6.54 Å². The minimum absolute atomic E-state index is 0. The molecular weight excluding hydrogens is 304 g/mol. The summed E-state index contributed by atoms with van der Waals surface area (Å²) in [7, 11) is 0. The molecule has 0 aromatic rings. The predicted molar refractivity (Wildman–Crippen MR) is 43.6 cm³/mol. The molecule has 0 spiro atoms. The van der Waals surface area contributed by atoms with Crippen molar-refractivity contribution in [3.05, 3.63) is 25.7 Å². The van der Waals surface area contributed by atoms with Gasteiger partial charge in [-0.25, -0.2) is 11.1 Å². The van der Waals surface area contributed by atoms with Gasteiger partial charge in [0, 0.05) is 39.3 Å². The zero-order valence-corrected chi connectivity index (χ0v) is 14.0.